The van der Waals surface area contributed by atoms with Gasteiger partial charge in [-0.1, -0.05) is 11.6 Å². The van der Waals surface area contributed by atoms with Crippen LogP contribution < -0.4 is 4.74 Å². The third kappa shape index (κ3) is 3.41. The number of nitrogens with zero attached hydrogens (tertiary/aromatic N) is 2. The molecule has 1 saturated heterocycles. The monoisotopic (exact) mass is 298 g/mol. The van der Waals surface area contributed by atoms with E-state index in [0.29, 0.717) is 23.7 Å². The number of likely N-dealkylation sites (tertiary alicyclic amines) is 1. The lowest BCUT2D eigenvalue weighted by Gasteiger charge is -2.36. The Balaban J connectivity index is 2.00. The fourth-order valence-electron chi connectivity index (χ4n) is 2.62. The van der Waals surface area contributed by atoms with Crippen molar-refractivity contribution in [3.63, 3.8) is 0 Å². The maximum atomic E-state index is 11.0. The SMILES string of the molecule is COc1ncc(CN2CC[C@H](C(=O)O)C[C@@H]2C)cc1Cl. The normalized spacial score (nSPS) is 23.6. The van der Waals surface area contributed by atoms with Gasteiger partial charge in [0.25, 0.3) is 0 Å². The molecule has 110 valence electrons. The van der Waals surface area contributed by atoms with E-state index in [1.165, 1.54) is 7.11 Å². The zero-order chi connectivity index (χ0) is 14.7. The molecular formula is C14H19ClN2O3. The van der Waals surface area contributed by atoms with Gasteiger partial charge in [0, 0.05) is 18.8 Å². The summed E-state index contributed by atoms with van der Waals surface area (Å²) in [6.07, 6.45) is 3.13. The van der Waals surface area contributed by atoms with Gasteiger partial charge in [0.2, 0.25) is 5.88 Å². The van der Waals surface area contributed by atoms with Crippen LogP contribution >= 0.6 is 11.6 Å². The highest BCUT2D eigenvalue weighted by Crippen LogP contribution is 2.26. The molecule has 0 saturated carbocycles. The van der Waals surface area contributed by atoms with Crippen LogP contribution in [0.25, 0.3) is 0 Å². The number of aliphatic carboxylic acids is 1. The fourth-order valence-corrected chi connectivity index (χ4v) is 2.88. The summed E-state index contributed by atoms with van der Waals surface area (Å²) in [7, 11) is 1.53. The molecule has 1 aromatic heterocycles. The highest BCUT2D eigenvalue weighted by atomic mass is 35.5. The van der Waals surface area contributed by atoms with Crippen LogP contribution in [0.1, 0.15) is 25.3 Å². The number of carboxylic acids is 1. The summed E-state index contributed by atoms with van der Waals surface area (Å²) in [5, 5.41) is 9.56. The van der Waals surface area contributed by atoms with Crippen LogP contribution in [0.4, 0.5) is 0 Å². The topological polar surface area (TPSA) is 62.7 Å². The molecule has 0 unspecified atom stereocenters. The van der Waals surface area contributed by atoms with Crippen molar-refractivity contribution >= 4 is 17.6 Å². The number of carboxylic acid groups (broad SMARTS) is 1. The average molecular weight is 299 g/mol. The fraction of sp³-hybridized carbons (Fsp3) is 0.571. The summed E-state index contributed by atoms with van der Waals surface area (Å²) in [5.74, 6) is -0.488. The number of carbonyl (C=O) groups is 1. The van der Waals surface area contributed by atoms with E-state index in [-0.39, 0.29) is 12.0 Å². The van der Waals surface area contributed by atoms with Crippen LogP contribution in [-0.2, 0) is 11.3 Å². The number of halogens is 1. The minimum Gasteiger partial charge on any atom is -0.481 e. The van der Waals surface area contributed by atoms with Gasteiger partial charge in [-0.3, -0.25) is 9.69 Å². The Morgan fingerprint density at radius 2 is 2.40 bits per heavy atom. The Kier molecular flexibility index (Phi) is 4.83. The summed E-state index contributed by atoms with van der Waals surface area (Å²) >= 11 is 6.06. The summed E-state index contributed by atoms with van der Waals surface area (Å²) in [5.41, 5.74) is 1.01. The summed E-state index contributed by atoms with van der Waals surface area (Å²) in [6.45, 7) is 3.57. The third-order valence-electron chi connectivity index (χ3n) is 3.81. The van der Waals surface area contributed by atoms with Crippen LogP contribution in [0.5, 0.6) is 5.88 Å². The Bertz CT molecular complexity index is 495. The van der Waals surface area contributed by atoms with Crippen molar-refractivity contribution in [2.24, 2.45) is 5.92 Å². The first-order chi connectivity index (χ1) is 9.51. The van der Waals surface area contributed by atoms with Gasteiger partial charge in [-0.2, -0.15) is 0 Å². The largest absolute Gasteiger partial charge is 0.481 e. The molecule has 0 radical (unpaired) electrons. The Hall–Kier alpha value is -1.33. The highest BCUT2D eigenvalue weighted by Gasteiger charge is 2.29. The lowest BCUT2D eigenvalue weighted by atomic mass is 9.91. The Morgan fingerprint density at radius 1 is 1.65 bits per heavy atom. The molecule has 2 atom stereocenters. The third-order valence-corrected chi connectivity index (χ3v) is 4.08. The van der Waals surface area contributed by atoms with Crippen LogP contribution in [0.3, 0.4) is 0 Å². The number of methoxy groups -OCH3 is 1. The lowest BCUT2D eigenvalue weighted by Crippen LogP contribution is -2.42. The predicted octanol–water partition coefficient (Wildman–Crippen LogP) is 2.43. The minimum atomic E-state index is -0.689. The molecule has 0 aliphatic carbocycles. The molecule has 2 rings (SSSR count). The quantitative estimate of drug-likeness (QED) is 0.925. The summed E-state index contributed by atoms with van der Waals surface area (Å²) < 4.78 is 5.03. The molecule has 0 aromatic carbocycles. The zero-order valence-electron chi connectivity index (χ0n) is 11.7. The van der Waals surface area contributed by atoms with Crippen molar-refractivity contribution < 1.29 is 14.6 Å². The molecule has 1 aliphatic heterocycles. The van der Waals surface area contributed by atoms with Crippen LogP contribution in [-0.4, -0.2) is 40.7 Å². The van der Waals surface area contributed by atoms with Crippen molar-refractivity contribution in [1.29, 1.82) is 0 Å². The smallest absolute Gasteiger partial charge is 0.306 e. The van der Waals surface area contributed by atoms with E-state index in [0.717, 1.165) is 18.7 Å². The van der Waals surface area contributed by atoms with E-state index in [4.69, 9.17) is 21.4 Å². The molecule has 6 heteroatoms. The van der Waals surface area contributed by atoms with Gasteiger partial charge >= 0.3 is 5.97 Å². The molecule has 1 aromatic rings. The van der Waals surface area contributed by atoms with Crippen molar-refractivity contribution in [3.8, 4) is 5.88 Å². The number of pyridine rings is 1. The van der Waals surface area contributed by atoms with E-state index < -0.39 is 5.97 Å². The maximum absolute atomic E-state index is 11.0. The van der Waals surface area contributed by atoms with Crippen molar-refractivity contribution in [2.45, 2.75) is 32.4 Å². The first-order valence-electron chi connectivity index (χ1n) is 6.66. The molecule has 1 N–H and O–H groups in total. The van der Waals surface area contributed by atoms with Gasteiger partial charge in [0.15, 0.2) is 0 Å². The van der Waals surface area contributed by atoms with Gasteiger partial charge in [-0.15, -0.1) is 0 Å². The number of piperidine rings is 1. The molecular weight excluding hydrogens is 280 g/mol. The van der Waals surface area contributed by atoms with E-state index in [9.17, 15) is 4.79 Å². The lowest BCUT2D eigenvalue weighted by molar-refractivity contribution is -0.144. The van der Waals surface area contributed by atoms with Crippen LogP contribution in [0.2, 0.25) is 5.02 Å². The minimum absolute atomic E-state index is 0.223. The number of hydrogen-bond acceptors (Lipinski definition) is 4. The molecule has 2 heterocycles. The van der Waals surface area contributed by atoms with E-state index in [1.54, 1.807) is 6.20 Å². The molecule has 0 spiro atoms. The van der Waals surface area contributed by atoms with E-state index in [2.05, 4.69) is 16.8 Å². The number of aromatic nitrogens is 1. The molecule has 20 heavy (non-hydrogen) atoms. The predicted molar refractivity (Wildman–Crippen MR) is 76.0 cm³/mol. The van der Waals surface area contributed by atoms with E-state index >= 15 is 0 Å². The summed E-state index contributed by atoms with van der Waals surface area (Å²) in [6, 6.07) is 2.09. The second-order valence-electron chi connectivity index (χ2n) is 5.21. The molecule has 0 bridgehead atoms. The van der Waals surface area contributed by atoms with Crippen LogP contribution in [0.15, 0.2) is 12.3 Å². The van der Waals surface area contributed by atoms with Crippen LogP contribution in [0, 0.1) is 5.92 Å². The van der Waals surface area contributed by atoms with E-state index in [1.807, 2.05) is 6.07 Å². The highest BCUT2D eigenvalue weighted by molar-refractivity contribution is 6.31. The van der Waals surface area contributed by atoms with Gasteiger partial charge in [0.1, 0.15) is 5.02 Å². The van der Waals surface area contributed by atoms with Gasteiger partial charge in [0.05, 0.1) is 13.0 Å². The first-order valence-corrected chi connectivity index (χ1v) is 7.04. The summed E-state index contributed by atoms with van der Waals surface area (Å²) in [4.78, 5) is 17.4. The van der Waals surface area contributed by atoms with Crippen molar-refractivity contribution in [1.82, 2.24) is 9.88 Å². The zero-order valence-corrected chi connectivity index (χ0v) is 12.4. The molecule has 0 amide bonds. The standard InChI is InChI=1S/C14H19ClN2O3/c1-9-5-11(14(18)19)3-4-17(9)8-10-6-12(15)13(20-2)16-7-10/h6-7,9,11H,3-5,8H2,1-2H3,(H,18,19)/t9-,11-/m0/s1. The van der Waals surface area contributed by atoms with Gasteiger partial charge in [-0.25, -0.2) is 4.98 Å². The molecule has 5 nitrogen and oxygen atoms in total. The van der Waals surface area contributed by atoms with Gasteiger partial charge in [-0.05, 0) is 37.9 Å². The van der Waals surface area contributed by atoms with Gasteiger partial charge < -0.3 is 9.84 Å². The number of ether oxygens (including phenoxy) is 1. The van der Waals surface area contributed by atoms with Crippen molar-refractivity contribution in [3.05, 3.63) is 22.8 Å². The number of hydrogen-bond donors (Lipinski definition) is 1. The molecule has 1 fully saturated rings. The first kappa shape index (κ1) is 15.1. The second kappa shape index (κ2) is 6.41. The Morgan fingerprint density at radius 3 is 2.95 bits per heavy atom. The second-order valence-corrected chi connectivity index (χ2v) is 5.62. The average Bonchev–Trinajstić information content (AvgIpc) is 2.41. The number of rotatable bonds is 4. The molecule has 1 aliphatic rings. The Labute approximate surface area is 123 Å². The maximum Gasteiger partial charge on any atom is 0.306 e. The van der Waals surface area contributed by atoms with Crippen molar-refractivity contribution in [2.75, 3.05) is 13.7 Å².